The number of nitrogens with one attached hydrogen (secondary N) is 3. The van der Waals surface area contributed by atoms with Crippen molar-refractivity contribution in [2.45, 2.75) is 32.9 Å². The van der Waals surface area contributed by atoms with Gasteiger partial charge in [-0.2, -0.15) is 0 Å². The summed E-state index contributed by atoms with van der Waals surface area (Å²) >= 11 is 0. The van der Waals surface area contributed by atoms with Crippen molar-refractivity contribution in [2.24, 2.45) is 5.92 Å². The first-order valence-corrected chi connectivity index (χ1v) is 10.1. The van der Waals surface area contributed by atoms with Crippen molar-refractivity contribution in [3.63, 3.8) is 0 Å². The van der Waals surface area contributed by atoms with Crippen molar-refractivity contribution in [1.29, 1.82) is 0 Å². The van der Waals surface area contributed by atoms with Gasteiger partial charge >= 0.3 is 0 Å². The lowest BCUT2D eigenvalue weighted by Crippen LogP contribution is -2.51. The monoisotopic (exact) mass is 390 g/mol. The van der Waals surface area contributed by atoms with E-state index in [1.54, 1.807) is 0 Å². The molecule has 1 atom stereocenters. The zero-order valence-electron chi connectivity index (χ0n) is 16.7. The van der Waals surface area contributed by atoms with Gasteiger partial charge in [-0.3, -0.25) is 9.59 Å². The molecule has 0 spiro atoms. The molecule has 29 heavy (non-hydrogen) atoms. The summed E-state index contributed by atoms with van der Waals surface area (Å²) in [7, 11) is 0. The van der Waals surface area contributed by atoms with E-state index in [9.17, 15) is 9.59 Å². The first kappa shape index (κ1) is 19.1. The van der Waals surface area contributed by atoms with Crippen molar-refractivity contribution < 1.29 is 9.59 Å². The maximum Gasteiger partial charge on any atom is 0.257 e. The zero-order chi connectivity index (χ0) is 20.4. The number of carbonyl (C=O) groups is 2. The summed E-state index contributed by atoms with van der Waals surface area (Å²) in [6.07, 6.45) is 2.77. The number of nitrogens with zero attached hydrogens (tertiary/aromatic N) is 1. The molecule has 2 amide bonds. The van der Waals surface area contributed by atoms with Crippen molar-refractivity contribution in [2.75, 3.05) is 17.2 Å². The number of amides is 2. The van der Waals surface area contributed by atoms with Gasteiger partial charge in [-0.15, -0.1) is 0 Å². The minimum Gasteiger partial charge on any atom is -0.364 e. The molecule has 0 radical (unpaired) electrons. The highest BCUT2D eigenvalue weighted by Gasteiger charge is 2.33. The maximum atomic E-state index is 13.0. The Morgan fingerprint density at radius 1 is 1.17 bits per heavy atom. The van der Waals surface area contributed by atoms with E-state index < -0.39 is 0 Å². The maximum absolute atomic E-state index is 13.0. The molecule has 2 heterocycles. The van der Waals surface area contributed by atoms with Crippen LogP contribution in [0.5, 0.6) is 0 Å². The number of hydrogen-bond donors (Lipinski definition) is 3. The minimum absolute atomic E-state index is 0.0238. The number of benzene rings is 2. The fourth-order valence-electron chi connectivity index (χ4n) is 3.84. The molecule has 3 N–H and O–H groups in total. The van der Waals surface area contributed by atoms with Gasteiger partial charge in [0, 0.05) is 36.1 Å². The van der Waals surface area contributed by atoms with Crippen LogP contribution in [0.1, 0.15) is 37.0 Å². The van der Waals surface area contributed by atoms with Gasteiger partial charge in [-0.1, -0.05) is 32.0 Å². The highest BCUT2D eigenvalue weighted by Crippen LogP contribution is 2.28. The summed E-state index contributed by atoms with van der Waals surface area (Å²) in [6, 6.07) is 15.4. The van der Waals surface area contributed by atoms with Gasteiger partial charge in [0.05, 0.1) is 5.56 Å². The van der Waals surface area contributed by atoms with E-state index in [-0.39, 0.29) is 23.9 Å². The molecule has 6 heteroatoms. The normalized spacial score (nSPS) is 16.0. The van der Waals surface area contributed by atoms with E-state index in [1.165, 1.54) is 0 Å². The molecule has 0 saturated carbocycles. The molecule has 1 aromatic heterocycles. The molecular formula is C23H26N4O2. The van der Waals surface area contributed by atoms with Gasteiger partial charge < -0.3 is 20.5 Å². The Hall–Kier alpha value is -3.28. The van der Waals surface area contributed by atoms with E-state index >= 15 is 0 Å². The quantitative estimate of drug-likeness (QED) is 0.582. The second-order valence-electron chi connectivity index (χ2n) is 7.81. The van der Waals surface area contributed by atoms with Crippen LogP contribution in [-0.4, -0.2) is 34.4 Å². The number of fused-ring (bicyclic) bond motifs is 2. The van der Waals surface area contributed by atoms with E-state index in [0.717, 1.165) is 22.3 Å². The molecule has 1 aliphatic rings. The molecule has 4 rings (SSSR count). The Morgan fingerprint density at radius 2 is 2.00 bits per heavy atom. The molecule has 0 saturated heterocycles. The van der Waals surface area contributed by atoms with Gasteiger partial charge in [-0.05, 0) is 48.1 Å². The van der Waals surface area contributed by atoms with E-state index in [2.05, 4.69) is 29.5 Å². The number of anilines is 2. The predicted octanol–water partition coefficient (Wildman–Crippen LogP) is 4.44. The SMILES string of the molecule is CC(C)C1Nc2ccccc2C(=O)N1CCCC(=O)Nc1ccc2cc[nH]c2c1. The zero-order valence-corrected chi connectivity index (χ0v) is 16.7. The average molecular weight is 390 g/mol. The fourth-order valence-corrected chi connectivity index (χ4v) is 3.84. The molecule has 0 fully saturated rings. The molecule has 6 nitrogen and oxygen atoms in total. The summed E-state index contributed by atoms with van der Waals surface area (Å²) in [6.45, 7) is 4.72. The Labute approximate surface area is 170 Å². The lowest BCUT2D eigenvalue weighted by atomic mass is 10.0. The number of carbonyl (C=O) groups excluding carboxylic acids is 2. The third-order valence-corrected chi connectivity index (χ3v) is 5.33. The number of aromatic nitrogens is 1. The molecule has 0 aliphatic carbocycles. The fraction of sp³-hybridized carbons (Fsp3) is 0.304. The van der Waals surface area contributed by atoms with Gasteiger partial charge in [-0.25, -0.2) is 0 Å². The molecule has 1 unspecified atom stereocenters. The summed E-state index contributed by atoms with van der Waals surface area (Å²) in [5.41, 5.74) is 3.33. The first-order valence-electron chi connectivity index (χ1n) is 10.1. The third kappa shape index (κ3) is 3.97. The lowest BCUT2D eigenvalue weighted by molar-refractivity contribution is -0.116. The van der Waals surface area contributed by atoms with Gasteiger partial charge in [0.1, 0.15) is 6.17 Å². The summed E-state index contributed by atoms with van der Waals surface area (Å²) in [4.78, 5) is 30.4. The summed E-state index contributed by atoms with van der Waals surface area (Å²) < 4.78 is 0. The van der Waals surface area contributed by atoms with Crippen LogP contribution in [0.4, 0.5) is 11.4 Å². The highest BCUT2D eigenvalue weighted by atomic mass is 16.2. The highest BCUT2D eigenvalue weighted by molar-refractivity contribution is 6.01. The molecule has 150 valence electrons. The second kappa shape index (κ2) is 7.99. The predicted molar refractivity (Wildman–Crippen MR) is 116 cm³/mol. The average Bonchev–Trinajstić information content (AvgIpc) is 3.17. The Balaban J connectivity index is 1.37. The Kier molecular flexibility index (Phi) is 5.25. The van der Waals surface area contributed by atoms with Crippen molar-refractivity contribution >= 4 is 34.1 Å². The van der Waals surface area contributed by atoms with Crippen LogP contribution in [0.15, 0.2) is 54.7 Å². The Bertz CT molecular complexity index is 1040. The van der Waals surface area contributed by atoms with Crippen LogP contribution in [0.2, 0.25) is 0 Å². The second-order valence-corrected chi connectivity index (χ2v) is 7.81. The standard InChI is InChI=1S/C23H26N4O2/c1-15(2)22-26-19-7-4-3-6-18(19)23(29)27(22)13-5-8-21(28)25-17-10-9-16-11-12-24-20(16)14-17/h3-4,6-7,9-12,14-15,22,24,26H,5,8,13H2,1-2H3,(H,25,28). The van der Waals surface area contributed by atoms with Crippen LogP contribution < -0.4 is 10.6 Å². The van der Waals surface area contributed by atoms with Crippen molar-refractivity contribution in [3.8, 4) is 0 Å². The lowest BCUT2D eigenvalue weighted by Gasteiger charge is -2.40. The molecule has 3 aromatic rings. The summed E-state index contributed by atoms with van der Waals surface area (Å²) in [5, 5.41) is 7.53. The number of aromatic amines is 1. The van der Waals surface area contributed by atoms with E-state index in [0.29, 0.717) is 24.9 Å². The Morgan fingerprint density at radius 3 is 2.83 bits per heavy atom. The largest absolute Gasteiger partial charge is 0.364 e. The first-order chi connectivity index (χ1) is 14.0. The van der Waals surface area contributed by atoms with Gasteiger partial charge in [0.25, 0.3) is 5.91 Å². The molecule has 0 bridgehead atoms. The number of para-hydroxylation sites is 1. The van der Waals surface area contributed by atoms with E-state index in [4.69, 9.17) is 0 Å². The minimum atomic E-state index is -0.0734. The molecule has 2 aromatic carbocycles. The molecular weight excluding hydrogens is 364 g/mol. The number of rotatable bonds is 6. The van der Waals surface area contributed by atoms with Crippen LogP contribution in [0, 0.1) is 5.92 Å². The smallest absolute Gasteiger partial charge is 0.257 e. The van der Waals surface area contributed by atoms with Crippen LogP contribution in [-0.2, 0) is 4.79 Å². The third-order valence-electron chi connectivity index (χ3n) is 5.33. The van der Waals surface area contributed by atoms with Crippen molar-refractivity contribution in [1.82, 2.24) is 9.88 Å². The van der Waals surface area contributed by atoms with Crippen molar-refractivity contribution in [3.05, 3.63) is 60.3 Å². The number of hydrogen-bond acceptors (Lipinski definition) is 3. The van der Waals surface area contributed by atoms with Gasteiger partial charge in [0.2, 0.25) is 5.91 Å². The van der Waals surface area contributed by atoms with Crippen LogP contribution in [0.3, 0.4) is 0 Å². The van der Waals surface area contributed by atoms with Gasteiger partial charge in [0.15, 0.2) is 0 Å². The number of H-pyrrole nitrogens is 1. The topological polar surface area (TPSA) is 77.2 Å². The van der Waals surface area contributed by atoms with Crippen LogP contribution in [0.25, 0.3) is 10.9 Å². The molecule has 1 aliphatic heterocycles. The van der Waals surface area contributed by atoms with E-state index in [1.807, 2.05) is 59.6 Å². The van der Waals surface area contributed by atoms with Crippen LogP contribution >= 0.6 is 0 Å². The summed E-state index contributed by atoms with van der Waals surface area (Å²) in [5.74, 6) is 0.235.